The minimum atomic E-state index is -0.727. The standard InChI is InChI=1S/C6H12BFO/c1-2-4-3-5(8)6(7)9-4/h4-6H,2-3,7H2,1H3/t4-,5?,6+/m0/s1. The molecule has 0 spiro atoms. The second-order valence-electron chi connectivity index (χ2n) is 2.62. The van der Waals surface area contributed by atoms with E-state index in [0.717, 1.165) is 6.42 Å². The molecule has 52 valence electrons. The maximum absolute atomic E-state index is 12.6. The minimum absolute atomic E-state index is 0.171. The van der Waals surface area contributed by atoms with Crippen molar-refractivity contribution in [3.8, 4) is 0 Å². The summed E-state index contributed by atoms with van der Waals surface area (Å²) in [5, 5.41) is 0. The molecule has 1 aliphatic heterocycles. The van der Waals surface area contributed by atoms with E-state index in [1.54, 1.807) is 7.85 Å². The average Bonchev–Trinajstić information content (AvgIpc) is 2.13. The normalized spacial score (nSPS) is 43.6. The molecule has 0 aromatic carbocycles. The first kappa shape index (κ1) is 7.07. The Morgan fingerprint density at radius 1 is 1.78 bits per heavy atom. The molecule has 0 aromatic heterocycles. The largest absolute Gasteiger partial charge is 0.381 e. The van der Waals surface area contributed by atoms with Crippen LogP contribution >= 0.6 is 0 Å². The van der Waals surface area contributed by atoms with Crippen LogP contribution in [0.5, 0.6) is 0 Å². The van der Waals surface area contributed by atoms with Crippen LogP contribution in [0, 0.1) is 0 Å². The van der Waals surface area contributed by atoms with Gasteiger partial charge < -0.3 is 4.74 Å². The summed E-state index contributed by atoms with van der Waals surface area (Å²) < 4.78 is 17.9. The fourth-order valence-corrected chi connectivity index (χ4v) is 1.15. The van der Waals surface area contributed by atoms with E-state index in [0.29, 0.717) is 6.42 Å². The Balaban J connectivity index is 2.35. The second-order valence-corrected chi connectivity index (χ2v) is 2.62. The third-order valence-electron chi connectivity index (χ3n) is 1.86. The van der Waals surface area contributed by atoms with E-state index in [1.807, 2.05) is 6.92 Å². The third kappa shape index (κ3) is 1.45. The Morgan fingerprint density at radius 3 is 2.67 bits per heavy atom. The molecule has 1 nitrogen and oxygen atoms in total. The van der Waals surface area contributed by atoms with E-state index >= 15 is 0 Å². The Kier molecular flexibility index (Phi) is 2.11. The number of halogens is 1. The molecular weight excluding hydrogens is 118 g/mol. The highest BCUT2D eigenvalue weighted by molar-refractivity contribution is 6.11. The first-order valence-electron chi connectivity index (χ1n) is 3.53. The highest BCUT2D eigenvalue weighted by Gasteiger charge is 2.30. The minimum Gasteiger partial charge on any atom is -0.381 e. The van der Waals surface area contributed by atoms with Crippen LogP contribution in [0.3, 0.4) is 0 Å². The van der Waals surface area contributed by atoms with E-state index in [2.05, 4.69) is 0 Å². The molecule has 0 aromatic rings. The number of hydrogen-bond donors (Lipinski definition) is 0. The van der Waals surface area contributed by atoms with Crippen molar-refractivity contribution in [2.45, 2.75) is 38.0 Å². The molecular formula is C6H12BFO. The summed E-state index contributed by atoms with van der Waals surface area (Å²) in [5.74, 6) is 0. The summed E-state index contributed by atoms with van der Waals surface area (Å²) in [6.45, 7) is 2.02. The summed E-state index contributed by atoms with van der Waals surface area (Å²) >= 11 is 0. The molecule has 0 saturated carbocycles. The molecule has 0 bridgehead atoms. The predicted molar refractivity (Wildman–Crippen MR) is 37.0 cm³/mol. The maximum Gasteiger partial charge on any atom is 0.143 e. The zero-order valence-corrected chi connectivity index (χ0v) is 5.93. The molecule has 0 N–H and O–H groups in total. The van der Waals surface area contributed by atoms with Crippen molar-refractivity contribution in [3.63, 3.8) is 0 Å². The van der Waals surface area contributed by atoms with Gasteiger partial charge in [0.05, 0.1) is 12.1 Å². The Labute approximate surface area is 56.0 Å². The third-order valence-corrected chi connectivity index (χ3v) is 1.86. The van der Waals surface area contributed by atoms with Crippen molar-refractivity contribution in [1.82, 2.24) is 0 Å². The molecule has 1 aliphatic rings. The fraction of sp³-hybridized carbons (Fsp3) is 1.00. The van der Waals surface area contributed by atoms with Crippen LogP contribution in [0.2, 0.25) is 0 Å². The number of hydrogen-bond acceptors (Lipinski definition) is 1. The first-order valence-corrected chi connectivity index (χ1v) is 3.53. The van der Waals surface area contributed by atoms with Crippen LogP contribution in [-0.4, -0.2) is 26.1 Å². The van der Waals surface area contributed by atoms with Crippen molar-refractivity contribution in [3.05, 3.63) is 0 Å². The van der Waals surface area contributed by atoms with Gasteiger partial charge in [0.15, 0.2) is 0 Å². The number of alkyl halides is 1. The molecule has 9 heavy (non-hydrogen) atoms. The monoisotopic (exact) mass is 130 g/mol. The molecule has 3 atom stereocenters. The van der Waals surface area contributed by atoms with Gasteiger partial charge in [0.1, 0.15) is 14.0 Å². The van der Waals surface area contributed by atoms with E-state index in [-0.39, 0.29) is 12.1 Å². The summed E-state index contributed by atoms with van der Waals surface area (Å²) in [7, 11) is 1.79. The van der Waals surface area contributed by atoms with Gasteiger partial charge in [0, 0.05) is 6.42 Å². The fourth-order valence-electron chi connectivity index (χ4n) is 1.15. The molecule has 0 amide bonds. The van der Waals surface area contributed by atoms with Crippen molar-refractivity contribution in [2.24, 2.45) is 0 Å². The van der Waals surface area contributed by atoms with Crippen LogP contribution in [0.1, 0.15) is 19.8 Å². The molecule has 1 rings (SSSR count). The lowest BCUT2D eigenvalue weighted by atomic mass is 9.95. The summed E-state index contributed by atoms with van der Waals surface area (Å²) in [6, 6.07) is -0.171. The number of rotatable bonds is 1. The molecule has 3 heteroatoms. The average molecular weight is 130 g/mol. The quantitative estimate of drug-likeness (QED) is 0.469. The van der Waals surface area contributed by atoms with E-state index in [4.69, 9.17) is 4.74 Å². The zero-order chi connectivity index (χ0) is 6.85. The Hall–Kier alpha value is -0.0451. The van der Waals surface area contributed by atoms with Gasteiger partial charge in [-0.15, -0.1) is 0 Å². The summed E-state index contributed by atoms with van der Waals surface area (Å²) in [4.78, 5) is 0. The Bertz CT molecular complexity index is 89.1. The van der Waals surface area contributed by atoms with Crippen molar-refractivity contribution in [2.75, 3.05) is 0 Å². The van der Waals surface area contributed by atoms with Crippen LogP contribution in [0.15, 0.2) is 0 Å². The molecule has 1 fully saturated rings. The van der Waals surface area contributed by atoms with Crippen LogP contribution in [0.25, 0.3) is 0 Å². The van der Waals surface area contributed by atoms with Crippen molar-refractivity contribution in [1.29, 1.82) is 0 Å². The highest BCUT2D eigenvalue weighted by atomic mass is 19.1. The lowest BCUT2D eigenvalue weighted by Gasteiger charge is -2.05. The SMILES string of the molecule is B[C@@H]1O[C@@H](CC)CC1F. The van der Waals surface area contributed by atoms with Gasteiger partial charge in [-0.1, -0.05) is 6.92 Å². The molecule has 1 unspecified atom stereocenters. The van der Waals surface area contributed by atoms with Crippen LogP contribution in [-0.2, 0) is 4.74 Å². The zero-order valence-electron chi connectivity index (χ0n) is 5.93. The van der Waals surface area contributed by atoms with Gasteiger partial charge in [-0.25, -0.2) is 4.39 Å². The van der Waals surface area contributed by atoms with E-state index in [1.165, 1.54) is 0 Å². The molecule has 1 saturated heterocycles. The lowest BCUT2D eigenvalue weighted by Crippen LogP contribution is -2.16. The highest BCUT2D eigenvalue weighted by Crippen LogP contribution is 2.22. The van der Waals surface area contributed by atoms with Gasteiger partial charge in [-0.05, 0) is 6.42 Å². The van der Waals surface area contributed by atoms with Gasteiger partial charge >= 0.3 is 0 Å². The second kappa shape index (κ2) is 2.69. The smallest absolute Gasteiger partial charge is 0.143 e. The number of ether oxygens (including phenoxy) is 1. The van der Waals surface area contributed by atoms with Crippen LogP contribution < -0.4 is 0 Å². The van der Waals surface area contributed by atoms with Crippen molar-refractivity contribution < 1.29 is 9.13 Å². The van der Waals surface area contributed by atoms with Gasteiger partial charge in [0.25, 0.3) is 0 Å². The summed E-state index contributed by atoms with van der Waals surface area (Å²) in [5.41, 5.74) is 0. The topological polar surface area (TPSA) is 9.23 Å². The van der Waals surface area contributed by atoms with Gasteiger partial charge in [0.2, 0.25) is 0 Å². The maximum atomic E-state index is 12.6. The molecule has 1 heterocycles. The van der Waals surface area contributed by atoms with Crippen molar-refractivity contribution >= 4 is 7.85 Å². The van der Waals surface area contributed by atoms with Gasteiger partial charge in [-0.2, -0.15) is 0 Å². The lowest BCUT2D eigenvalue weighted by molar-refractivity contribution is 0.0748. The summed E-state index contributed by atoms with van der Waals surface area (Å²) in [6.07, 6.45) is 0.979. The predicted octanol–water partition coefficient (Wildman–Crippen LogP) is 0.483. The van der Waals surface area contributed by atoms with E-state index in [9.17, 15) is 4.39 Å². The first-order chi connectivity index (χ1) is 4.24. The van der Waals surface area contributed by atoms with Gasteiger partial charge in [-0.3, -0.25) is 0 Å². The Morgan fingerprint density at radius 2 is 2.44 bits per heavy atom. The molecule has 0 radical (unpaired) electrons. The molecule has 0 aliphatic carbocycles. The van der Waals surface area contributed by atoms with Crippen LogP contribution in [0.4, 0.5) is 4.39 Å². The van der Waals surface area contributed by atoms with E-state index < -0.39 is 6.17 Å².